The summed E-state index contributed by atoms with van der Waals surface area (Å²) in [6, 6.07) is 11.7. The van der Waals surface area contributed by atoms with Crippen LogP contribution >= 0.6 is 0 Å². The van der Waals surface area contributed by atoms with Gasteiger partial charge in [-0.05, 0) is 30.2 Å². The second-order valence-electron chi connectivity index (χ2n) is 8.78. The van der Waals surface area contributed by atoms with E-state index in [0.717, 1.165) is 17.3 Å². The molecular formula is C26H26F2N2O2+2. The summed E-state index contributed by atoms with van der Waals surface area (Å²) < 4.78 is 39.8. The predicted octanol–water partition coefficient (Wildman–Crippen LogP) is 4.37. The number of cyclic esters (lactones) is 1. The van der Waals surface area contributed by atoms with Crippen LogP contribution in [0.3, 0.4) is 0 Å². The van der Waals surface area contributed by atoms with Gasteiger partial charge < -0.3 is 4.74 Å². The number of ether oxygens (including phenoxy) is 1. The Labute approximate surface area is 186 Å². The van der Waals surface area contributed by atoms with Crippen LogP contribution in [0.5, 0.6) is 0 Å². The van der Waals surface area contributed by atoms with Crippen LogP contribution in [-0.2, 0) is 16.8 Å². The summed E-state index contributed by atoms with van der Waals surface area (Å²) >= 11 is 0. The first-order valence-corrected chi connectivity index (χ1v) is 11.1. The van der Waals surface area contributed by atoms with Crippen molar-refractivity contribution in [3.05, 3.63) is 83.3 Å². The molecule has 2 aliphatic heterocycles. The quantitative estimate of drug-likeness (QED) is 0.452. The molecule has 0 spiro atoms. The highest BCUT2D eigenvalue weighted by atomic mass is 19.1. The first-order chi connectivity index (χ1) is 15.4. The Morgan fingerprint density at radius 1 is 1.06 bits per heavy atom. The molecule has 4 heterocycles. The normalized spacial score (nSPS) is 20.7. The molecule has 6 heteroatoms. The lowest BCUT2D eigenvalue weighted by molar-refractivity contribution is -0.768. The van der Waals surface area contributed by atoms with Gasteiger partial charge in [0.05, 0.1) is 11.5 Å². The summed E-state index contributed by atoms with van der Waals surface area (Å²) in [7, 11) is 0. The molecule has 4 nitrogen and oxygen atoms in total. The zero-order chi connectivity index (χ0) is 22.6. The number of nitrogens with zero attached hydrogens (tertiary/aromatic N) is 2. The largest absolute Gasteiger partial charge is 0.447 e. The Balaban J connectivity index is 1.79. The van der Waals surface area contributed by atoms with Crippen molar-refractivity contribution in [2.45, 2.75) is 57.7 Å². The number of fused-ring (bicyclic) bond motifs is 4. The number of carbonyl (C=O) groups is 1. The molecule has 5 rings (SSSR count). The molecule has 164 valence electrons. The zero-order valence-corrected chi connectivity index (χ0v) is 18.4. The van der Waals surface area contributed by atoms with Gasteiger partial charge in [0.1, 0.15) is 11.6 Å². The Morgan fingerprint density at radius 3 is 2.59 bits per heavy atom. The van der Waals surface area contributed by atoms with Crippen molar-refractivity contribution in [2.75, 3.05) is 0 Å². The molecule has 0 amide bonds. The van der Waals surface area contributed by atoms with Crippen molar-refractivity contribution < 1.29 is 27.4 Å². The minimum absolute atomic E-state index is 0.387. The Hall–Kier alpha value is -3.15. The lowest BCUT2D eigenvalue weighted by Gasteiger charge is -2.43. The smallest absolute Gasteiger partial charge is 0.404 e. The van der Waals surface area contributed by atoms with Gasteiger partial charge in [-0.15, -0.1) is 0 Å². The number of benzene rings is 1. The fraction of sp³-hybridized carbons (Fsp3) is 0.346. The number of pyridine rings is 2. The van der Waals surface area contributed by atoms with Crippen molar-refractivity contribution in [3.63, 3.8) is 0 Å². The van der Waals surface area contributed by atoms with Crippen LogP contribution in [0.1, 0.15) is 54.2 Å². The second-order valence-corrected chi connectivity index (χ2v) is 8.78. The average molecular weight is 437 g/mol. The van der Waals surface area contributed by atoms with Crippen LogP contribution in [0.4, 0.5) is 8.78 Å². The fourth-order valence-electron chi connectivity index (χ4n) is 5.74. The van der Waals surface area contributed by atoms with Crippen LogP contribution in [0.25, 0.3) is 11.3 Å². The minimum Gasteiger partial charge on any atom is -0.447 e. The minimum atomic E-state index is -0.622. The molecule has 2 unspecified atom stereocenters. The molecule has 0 N–H and O–H groups in total. The van der Waals surface area contributed by atoms with E-state index >= 15 is 4.39 Å². The lowest BCUT2D eigenvalue weighted by atomic mass is 9.67. The summed E-state index contributed by atoms with van der Waals surface area (Å²) in [6.45, 7) is 6.55. The van der Waals surface area contributed by atoms with Gasteiger partial charge in [0.2, 0.25) is 5.69 Å². The highest BCUT2D eigenvalue weighted by Crippen LogP contribution is 2.49. The molecule has 0 saturated carbocycles. The summed E-state index contributed by atoms with van der Waals surface area (Å²) in [6.07, 6.45) is 4.70. The van der Waals surface area contributed by atoms with E-state index in [1.807, 2.05) is 42.1 Å². The maximum absolute atomic E-state index is 15.3. The highest BCUT2D eigenvalue weighted by Gasteiger charge is 2.58. The molecule has 2 aromatic heterocycles. The van der Waals surface area contributed by atoms with Crippen molar-refractivity contribution in [1.82, 2.24) is 0 Å². The molecule has 32 heavy (non-hydrogen) atoms. The van der Waals surface area contributed by atoms with Crippen molar-refractivity contribution in [3.8, 4) is 11.3 Å². The van der Waals surface area contributed by atoms with E-state index in [-0.39, 0.29) is 0 Å². The third kappa shape index (κ3) is 2.89. The van der Waals surface area contributed by atoms with Gasteiger partial charge in [0.15, 0.2) is 30.6 Å². The molecule has 0 radical (unpaired) electrons. The van der Waals surface area contributed by atoms with Crippen molar-refractivity contribution in [1.29, 1.82) is 0 Å². The van der Waals surface area contributed by atoms with E-state index in [9.17, 15) is 9.18 Å². The number of carbonyl (C=O) groups excluding carboxylic acids is 1. The molecule has 1 aromatic carbocycles. The number of rotatable bonds is 3. The zero-order valence-electron chi connectivity index (χ0n) is 18.4. The monoisotopic (exact) mass is 436 g/mol. The summed E-state index contributed by atoms with van der Waals surface area (Å²) in [5, 5.41) is 0. The van der Waals surface area contributed by atoms with Gasteiger partial charge in [0.25, 0.3) is 5.69 Å². The number of aromatic nitrogens is 2. The van der Waals surface area contributed by atoms with Gasteiger partial charge >= 0.3 is 5.97 Å². The van der Waals surface area contributed by atoms with E-state index in [1.54, 1.807) is 12.1 Å². The lowest BCUT2D eigenvalue weighted by Crippen LogP contribution is -2.66. The molecule has 0 aliphatic carbocycles. The van der Waals surface area contributed by atoms with Gasteiger partial charge in [-0.3, -0.25) is 0 Å². The number of esters is 1. The number of aryl methyl sites for hydroxylation is 1. The molecule has 2 atom stereocenters. The predicted molar refractivity (Wildman–Crippen MR) is 114 cm³/mol. The Bertz CT molecular complexity index is 1240. The number of hydrogen-bond acceptors (Lipinski definition) is 2. The van der Waals surface area contributed by atoms with E-state index in [1.165, 1.54) is 6.07 Å². The first kappa shape index (κ1) is 20.7. The topological polar surface area (TPSA) is 34.1 Å². The van der Waals surface area contributed by atoms with Gasteiger partial charge in [-0.2, -0.15) is 9.13 Å². The van der Waals surface area contributed by atoms with Crippen LogP contribution in [-0.4, -0.2) is 12.1 Å². The van der Waals surface area contributed by atoms with E-state index in [0.29, 0.717) is 36.2 Å². The summed E-state index contributed by atoms with van der Waals surface area (Å²) in [4.78, 5) is 12.9. The van der Waals surface area contributed by atoms with Crippen molar-refractivity contribution in [2.24, 2.45) is 0 Å². The van der Waals surface area contributed by atoms with Crippen LogP contribution < -0.4 is 9.13 Å². The highest BCUT2D eigenvalue weighted by molar-refractivity contribution is 5.86. The first-order valence-electron chi connectivity index (χ1n) is 11.1. The maximum Gasteiger partial charge on any atom is 0.404 e. The fourth-order valence-corrected chi connectivity index (χ4v) is 5.74. The Morgan fingerprint density at radius 2 is 1.84 bits per heavy atom. The van der Waals surface area contributed by atoms with Gasteiger partial charge in [-0.25, -0.2) is 13.6 Å². The number of hydrogen-bond donors (Lipinski definition) is 0. The molecule has 0 fully saturated rings. The van der Waals surface area contributed by atoms with Gasteiger partial charge in [0, 0.05) is 43.2 Å². The number of halogens is 2. The summed E-state index contributed by atoms with van der Waals surface area (Å²) in [5.41, 5.74) is 2.65. The molecule has 3 aromatic rings. The molecule has 0 bridgehead atoms. The van der Waals surface area contributed by atoms with Crippen LogP contribution in [0, 0.1) is 18.6 Å². The standard InChI is InChI=1S/C26H26F2N2O2/c1-4-26(5-2)24(22-15-29-10-7-6-8-20(29)25(31)32-22)18-13-17(27)14-19(28)23(18)21-12-16(3)9-11-30(21)26/h6-14,22,24H,4-5,15H2,1-3H3/q+2. The van der Waals surface area contributed by atoms with E-state index < -0.39 is 35.2 Å². The third-order valence-electron chi connectivity index (χ3n) is 7.23. The maximum atomic E-state index is 15.3. The SMILES string of the molecule is CCC1(CC)C(C2C[n+]3ccccc3C(=O)O2)c2cc(F)cc(F)c2-c2cc(C)cc[n+]21. The van der Waals surface area contributed by atoms with Crippen LogP contribution in [0.2, 0.25) is 0 Å². The average Bonchev–Trinajstić information content (AvgIpc) is 2.77. The van der Waals surface area contributed by atoms with Gasteiger partial charge in [-0.1, -0.05) is 13.8 Å². The Kier molecular flexibility index (Phi) is 4.84. The third-order valence-corrected chi connectivity index (χ3v) is 7.23. The molecule has 2 aliphatic rings. The van der Waals surface area contributed by atoms with E-state index in [2.05, 4.69) is 18.4 Å². The molecular weight excluding hydrogens is 410 g/mol. The van der Waals surface area contributed by atoms with Crippen molar-refractivity contribution >= 4 is 5.97 Å². The second kappa shape index (κ2) is 7.47. The summed E-state index contributed by atoms with van der Waals surface area (Å²) in [5.74, 6) is -2.05. The molecule has 0 saturated heterocycles. The van der Waals surface area contributed by atoms with Crippen LogP contribution in [0.15, 0.2) is 54.9 Å². The van der Waals surface area contributed by atoms with E-state index in [4.69, 9.17) is 4.74 Å².